The third-order valence-corrected chi connectivity index (χ3v) is 2.25. The highest BCUT2D eigenvalue weighted by Gasteiger charge is 2.12. The Morgan fingerprint density at radius 1 is 1.47 bits per heavy atom. The number of rotatable bonds is 1. The van der Waals surface area contributed by atoms with E-state index >= 15 is 0 Å². The fraction of sp³-hybridized carbons (Fsp3) is 0. The van der Waals surface area contributed by atoms with Gasteiger partial charge in [-0.25, -0.2) is 4.68 Å². The first-order chi connectivity index (χ1) is 7.18. The van der Waals surface area contributed by atoms with Crippen LogP contribution in [0.25, 0.3) is 0 Å². The Hall–Kier alpha value is -1.81. The van der Waals surface area contributed by atoms with Crippen LogP contribution in [0.4, 0.5) is 5.69 Å². The predicted molar refractivity (Wildman–Crippen MR) is 57.8 cm³/mol. The van der Waals surface area contributed by atoms with Gasteiger partial charge in [0.2, 0.25) is 0 Å². The van der Waals surface area contributed by atoms with Crippen LogP contribution in [0.15, 0.2) is 36.7 Å². The van der Waals surface area contributed by atoms with Crippen molar-refractivity contribution in [1.29, 1.82) is 0 Å². The molecule has 76 valence electrons. The number of carbonyl (C=O) groups is 1. The van der Waals surface area contributed by atoms with Gasteiger partial charge in [-0.15, -0.1) is 0 Å². The number of hydrogen-bond donors (Lipinski definition) is 1. The molecule has 0 saturated heterocycles. The number of benzene rings is 1. The predicted octanol–water partition coefficient (Wildman–Crippen LogP) is 1.81. The fourth-order valence-electron chi connectivity index (χ4n) is 1.22. The molecule has 5 heteroatoms. The first kappa shape index (κ1) is 9.73. The Morgan fingerprint density at radius 3 is 2.87 bits per heavy atom. The van der Waals surface area contributed by atoms with E-state index < -0.39 is 0 Å². The maximum atomic E-state index is 11.8. The Bertz CT molecular complexity index is 493. The maximum absolute atomic E-state index is 11.8. The number of nitrogen functional groups attached to an aromatic ring is 1. The van der Waals surface area contributed by atoms with Crippen LogP contribution >= 0.6 is 11.6 Å². The molecule has 0 aliphatic rings. The van der Waals surface area contributed by atoms with E-state index in [1.165, 1.54) is 16.9 Å². The quantitative estimate of drug-likeness (QED) is 0.747. The van der Waals surface area contributed by atoms with Crippen molar-refractivity contribution < 1.29 is 4.79 Å². The third-order valence-electron chi connectivity index (χ3n) is 1.94. The molecular weight excluding hydrogens is 214 g/mol. The van der Waals surface area contributed by atoms with Gasteiger partial charge in [-0.1, -0.05) is 11.6 Å². The lowest BCUT2D eigenvalue weighted by atomic mass is 10.2. The molecule has 4 nitrogen and oxygen atoms in total. The molecule has 1 aromatic heterocycles. The highest BCUT2D eigenvalue weighted by atomic mass is 35.5. The van der Waals surface area contributed by atoms with Gasteiger partial charge in [0, 0.05) is 18.1 Å². The smallest absolute Gasteiger partial charge is 0.279 e. The SMILES string of the molecule is Nc1ccc(C(=O)n2cccn2)c(Cl)c1. The fourth-order valence-corrected chi connectivity index (χ4v) is 1.49. The van der Waals surface area contributed by atoms with E-state index in [0.717, 1.165) is 0 Å². The molecule has 0 radical (unpaired) electrons. The van der Waals surface area contributed by atoms with Gasteiger partial charge in [0.25, 0.3) is 5.91 Å². The molecule has 0 fully saturated rings. The molecule has 1 aromatic carbocycles. The second-order valence-electron chi connectivity index (χ2n) is 3.00. The zero-order valence-electron chi connectivity index (χ0n) is 7.72. The van der Waals surface area contributed by atoms with Crippen molar-refractivity contribution in [2.75, 3.05) is 5.73 Å². The summed E-state index contributed by atoms with van der Waals surface area (Å²) in [4.78, 5) is 11.8. The van der Waals surface area contributed by atoms with E-state index in [1.807, 2.05) is 0 Å². The molecule has 15 heavy (non-hydrogen) atoms. The standard InChI is InChI=1S/C10H8ClN3O/c11-9-6-7(12)2-3-8(9)10(15)14-5-1-4-13-14/h1-6H,12H2. The molecule has 1 heterocycles. The van der Waals surface area contributed by atoms with E-state index in [0.29, 0.717) is 16.3 Å². The van der Waals surface area contributed by atoms with Crippen molar-refractivity contribution in [2.45, 2.75) is 0 Å². The van der Waals surface area contributed by atoms with Crippen LogP contribution in [0.1, 0.15) is 10.4 Å². The van der Waals surface area contributed by atoms with E-state index in [1.54, 1.807) is 24.4 Å². The lowest BCUT2D eigenvalue weighted by Crippen LogP contribution is -2.12. The summed E-state index contributed by atoms with van der Waals surface area (Å²) in [5.41, 5.74) is 6.44. The molecule has 0 atom stereocenters. The summed E-state index contributed by atoms with van der Waals surface area (Å²) >= 11 is 5.90. The van der Waals surface area contributed by atoms with Crippen molar-refractivity contribution in [1.82, 2.24) is 9.78 Å². The minimum absolute atomic E-state index is 0.273. The zero-order chi connectivity index (χ0) is 10.8. The molecule has 0 aliphatic carbocycles. The van der Waals surface area contributed by atoms with Gasteiger partial charge < -0.3 is 5.73 Å². The molecule has 0 unspecified atom stereocenters. The van der Waals surface area contributed by atoms with Crippen molar-refractivity contribution >= 4 is 23.2 Å². The van der Waals surface area contributed by atoms with Crippen molar-refractivity contribution in [3.05, 3.63) is 47.2 Å². The first-order valence-electron chi connectivity index (χ1n) is 4.28. The van der Waals surface area contributed by atoms with E-state index in [2.05, 4.69) is 5.10 Å². The molecule has 2 rings (SSSR count). The van der Waals surface area contributed by atoms with Crippen LogP contribution in [-0.4, -0.2) is 15.7 Å². The van der Waals surface area contributed by atoms with Crippen LogP contribution in [0, 0.1) is 0 Å². The Balaban J connectivity index is 2.42. The number of carbonyl (C=O) groups excluding carboxylic acids is 1. The molecule has 0 spiro atoms. The number of anilines is 1. The summed E-state index contributed by atoms with van der Waals surface area (Å²) < 4.78 is 1.22. The summed E-state index contributed by atoms with van der Waals surface area (Å²) in [6.45, 7) is 0. The highest BCUT2D eigenvalue weighted by molar-refractivity contribution is 6.34. The molecule has 0 bridgehead atoms. The third kappa shape index (κ3) is 1.85. The lowest BCUT2D eigenvalue weighted by Gasteiger charge is -2.03. The number of nitrogens with two attached hydrogens (primary N) is 1. The number of nitrogens with zero attached hydrogens (tertiary/aromatic N) is 2. The topological polar surface area (TPSA) is 60.9 Å². The first-order valence-corrected chi connectivity index (χ1v) is 4.65. The second-order valence-corrected chi connectivity index (χ2v) is 3.40. The van der Waals surface area contributed by atoms with Gasteiger partial charge >= 0.3 is 0 Å². The minimum Gasteiger partial charge on any atom is -0.399 e. The van der Waals surface area contributed by atoms with E-state index in [4.69, 9.17) is 17.3 Å². The average molecular weight is 222 g/mol. The van der Waals surface area contributed by atoms with Crippen LogP contribution in [0.2, 0.25) is 5.02 Å². The van der Waals surface area contributed by atoms with Gasteiger partial charge in [-0.3, -0.25) is 4.79 Å². The van der Waals surface area contributed by atoms with Crippen LogP contribution in [0.3, 0.4) is 0 Å². The Labute approximate surface area is 91.3 Å². The highest BCUT2D eigenvalue weighted by Crippen LogP contribution is 2.19. The number of aromatic nitrogens is 2. The zero-order valence-corrected chi connectivity index (χ0v) is 8.48. The minimum atomic E-state index is -0.273. The molecule has 0 saturated carbocycles. The van der Waals surface area contributed by atoms with Crippen LogP contribution < -0.4 is 5.73 Å². The average Bonchev–Trinajstić information content (AvgIpc) is 2.69. The molecular formula is C10H8ClN3O. The summed E-state index contributed by atoms with van der Waals surface area (Å²) in [5, 5.41) is 4.16. The number of halogens is 1. The van der Waals surface area contributed by atoms with E-state index in [9.17, 15) is 4.79 Å². The van der Waals surface area contributed by atoms with Gasteiger partial charge in [0.05, 0.1) is 10.6 Å². The summed E-state index contributed by atoms with van der Waals surface area (Å²) in [6, 6.07) is 6.42. The van der Waals surface area contributed by atoms with Crippen LogP contribution in [0.5, 0.6) is 0 Å². The van der Waals surface area contributed by atoms with Gasteiger partial charge in [0.15, 0.2) is 0 Å². The van der Waals surface area contributed by atoms with Gasteiger partial charge in [-0.2, -0.15) is 5.10 Å². The molecule has 0 aliphatic heterocycles. The van der Waals surface area contributed by atoms with Gasteiger partial charge in [0.1, 0.15) is 0 Å². The normalized spacial score (nSPS) is 10.2. The number of hydrogen-bond acceptors (Lipinski definition) is 3. The van der Waals surface area contributed by atoms with E-state index in [-0.39, 0.29) is 5.91 Å². The summed E-state index contributed by atoms with van der Waals surface area (Å²) in [6.07, 6.45) is 3.10. The Morgan fingerprint density at radius 2 is 2.27 bits per heavy atom. The Kier molecular flexibility index (Phi) is 2.43. The van der Waals surface area contributed by atoms with Crippen molar-refractivity contribution in [3.63, 3.8) is 0 Å². The van der Waals surface area contributed by atoms with Crippen molar-refractivity contribution in [3.8, 4) is 0 Å². The molecule has 2 aromatic rings. The molecule has 2 N–H and O–H groups in total. The molecule has 0 amide bonds. The monoisotopic (exact) mass is 221 g/mol. The maximum Gasteiger partial charge on any atom is 0.279 e. The van der Waals surface area contributed by atoms with Crippen LogP contribution in [-0.2, 0) is 0 Å². The summed E-state index contributed by atoms with van der Waals surface area (Å²) in [7, 11) is 0. The largest absolute Gasteiger partial charge is 0.399 e. The lowest BCUT2D eigenvalue weighted by molar-refractivity contribution is 0.0945. The second kappa shape index (κ2) is 3.74. The van der Waals surface area contributed by atoms with Crippen molar-refractivity contribution in [2.24, 2.45) is 0 Å². The summed E-state index contributed by atoms with van der Waals surface area (Å²) in [5.74, 6) is -0.273. The van der Waals surface area contributed by atoms with Gasteiger partial charge in [-0.05, 0) is 24.3 Å².